The first-order valence-electron chi connectivity index (χ1n) is 9.83. The fraction of sp³-hybridized carbons (Fsp3) is 0.381. The van der Waals surface area contributed by atoms with Crippen LogP contribution < -0.4 is 10.1 Å². The zero-order valence-corrected chi connectivity index (χ0v) is 17.9. The lowest BCUT2D eigenvalue weighted by Crippen LogP contribution is -2.43. The quantitative estimate of drug-likeness (QED) is 0.670. The number of hydrogen-bond acceptors (Lipinski definition) is 4. The van der Waals surface area contributed by atoms with Crippen molar-refractivity contribution >= 4 is 21.6 Å². The van der Waals surface area contributed by atoms with E-state index in [1.807, 2.05) is 6.92 Å². The highest BCUT2D eigenvalue weighted by molar-refractivity contribution is 7.89. The summed E-state index contributed by atoms with van der Waals surface area (Å²) < 4.78 is 73.1. The van der Waals surface area contributed by atoms with Crippen LogP contribution in [0.5, 0.6) is 5.75 Å². The van der Waals surface area contributed by atoms with Gasteiger partial charge in [-0.05, 0) is 62.6 Å². The van der Waals surface area contributed by atoms with E-state index in [4.69, 9.17) is 4.74 Å². The Labute approximate surface area is 179 Å². The van der Waals surface area contributed by atoms with E-state index >= 15 is 0 Å². The highest BCUT2D eigenvalue weighted by Crippen LogP contribution is 2.28. The minimum Gasteiger partial charge on any atom is -0.494 e. The third-order valence-electron chi connectivity index (χ3n) is 5.13. The van der Waals surface area contributed by atoms with Gasteiger partial charge in [0, 0.05) is 13.1 Å². The van der Waals surface area contributed by atoms with Crippen LogP contribution in [0, 0.1) is 30.3 Å². The summed E-state index contributed by atoms with van der Waals surface area (Å²) in [5.74, 6) is -5.38. The Bertz CT molecular complexity index is 1090. The molecular weight excluding hydrogens is 433 g/mol. The molecule has 1 heterocycles. The molecule has 1 atom stereocenters. The van der Waals surface area contributed by atoms with Crippen molar-refractivity contribution in [2.75, 3.05) is 25.0 Å². The smallest absolute Gasteiger partial charge is 0.243 e. The monoisotopic (exact) mass is 456 g/mol. The molecule has 0 unspecified atom stereocenters. The van der Waals surface area contributed by atoms with Crippen LogP contribution in [0.25, 0.3) is 0 Å². The summed E-state index contributed by atoms with van der Waals surface area (Å²) in [6.07, 6.45) is 0.805. The summed E-state index contributed by atoms with van der Waals surface area (Å²) in [4.78, 5) is 12.6. The number of hydrogen-bond donors (Lipinski definition) is 1. The largest absolute Gasteiger partial charge is 0.494 e. The lowest BCUT2D eigenvalue weighted by atomic mass is 9.98. The standard InChI is InChI=1S/C21H23F3N2O4S/c1-3-30-18-9-6-15(11-13(18)2)31(28,29)26-10-4-5-14(12-26)21(27)25-17-8-7-16(22)19(23)20(17)24/h6-9,11,14H,3-5,10,12H2,1-2H3,(H,25,27)/t14-/m0/s1. The van der Waals surface area contributed by atoms with Gasteiger partial charge in [-0.25, -0.2) is 21.6 Å². The number of piperidine rings is 1. The molecule has 6 nitrogen and oxygen atoms in total. The molecule has 0 bridgehead atoms. The molecule has 10 heteroatoms. The van der Waals surface area contributed by atoms with Gasteiger partial charge in [0.25, 0.3) is 0 Å². The Hall–Kier alpha value is -2.59. The van der Waals surface area contributed by atoms with Crippen molar-refractivity contribution in [2.45, 2.75) is 31.6 Å². The van der Waals surface area contributed by atoms with Crippen molar-refractivity contribution in [3.05, 3.63) is 53.3 Å². The Morgan fingerprint density at radius 3 is 2.61 bits per heavy atom. The second-order valence-corrected chi connectivity index (χ2v) is 9.21. The van der Waals surface area contributed by atoms with Gasteiger partial charge in [-0.15, -0.1) is 0 Å². The molecule has 31 heavy (non-hydrogen) atoms. The molecule has 1 saturated heterocycles. The van der Waals surface area contributed by atoms with Gasteiger partial charge in [0.15, 0.2) is 17.5 Å². The number of nitrogens with zero attached hydrogens (tertiary/aromatic N) is 1. The fourth-order valence-electron chi connectivity index (χ4n) is 3.48. The highest BCUT2D eigenvalue weighted by atomic mass is 32.2. The molecule has 1 aliphatic heterocycles. The van der Waals surface area contributed by atoms with Gasteiger partial charge in [-0.2, -0.15) is 4.31 Å². The van der Waals surface area contributed by atoms with Gasteiger partial charge in [0.05, 0.1) is 23.1 Å². The number of carbonyl (C=O) groups excluding carboxylic acids is 1. The number of anilines is 1. The van der Waals surface area contributed by atoms with Crippen LogP contribution in [0.2, 0.25) is 0 Å². The average Bonchev–Trinajstić information content (AvgIpc) is 2.75. The molecule has 1 aliphatic rings. The Balaban J connectivity index is 1.76. The number of sulfonamides is 1. The van der Waals surface area contributed by atoms with Crippen molar-refractivity contribution < 1.29 is 31.1 Å². The average molecular weight is 456 g/mol. The SMILES string of the molecule is CCOc1ccc(S(=O)(=O)N2CCC[C@H](C(=O)Nc3ccc(F)c(F)c3F)C2)cc1C. The number of carbonyl (C=O) groups is 1. The number of ether oxygens (including phenoxy) is 1. The number of rotatable bonds is 6. The van der Waals surface area contributed by atoms with Gasteiger partial charge < -0.3 is 10.1 Å². The van der Waals surface area contributed by atoms with Crippen molar-refractivity contribution in [2.24, 2.45) is 5.92 Å². The lowest BCUT2D eigenvalue weighted by molar-refractivity contribution is -0.120. The van der Waals surface area contributed by atoms with Crippen LogP contribution in [-0.4, -0.2) is 38.3 Å². The zero-order valence-electron chi connectivity index (χ0n) is 17.1. The van der Waals surface area contributed by atoms with E-state index < -0.39 is 45.0 Å². The summed E-state index contributed by atoms with van der Waals surface area (Å²) in [6, 6.07) is 6.19. The minimum atomic E-state index is -3.86. The lowest BCUT2D eigenvalue weighted by Gasteiger charge is -2.31. The first-order chi connectivity index (χ1) is 14.6. The van der Waals surface area contributed by atoms with Crippen LogP contribution >= 0.6 is 0 Å². The number of benzene rings is 2. The fourth-order valence-corrected chi connectivity index (χ4v) is 5.09. The molecule has 0 radical (unpaired) electrons. The van der Waals surface area contributed by atoms with Gasteiger partial charge in [0.1, 0.15) is 5.75 Å². The van der Waals surface area contributed by atoms with Crippen molar-refractivity contribution in [1.82, 2.24) is 4.31 Å². The summed E-state index contributed by atoms with van der Waals surface area (Å²) >= 11 is 0. The maximum absolute atomic E-state index is 13.9. The molecule has 1 N–H and O–H groups in total. The molecule has 3 rings (SSSR count). The van der Waals surface area contributed by atoms with Crippen LogP contribution in [0.4, 0.5) is 18.9 Å². The predicted molar refractivity (Wildman–Crippen MR) is 109 cm³/mol. The summed E-state index contributed by atoms with van der Waals surface area (Å²) in [6.45, 7) is 4.15. The van der Waals surface area contributed by atoms with E-state index in [1.165, 1.54) is 16.4 Å². The van der Waals surface area contributed by atoms with E-state index in [0.717, 1.165) is 6.07 Å². The molecule has 0 spiro atoms. The third kappa shape index (κ3) is 4.85. The normalized spacial score (nSPS) is 17.4. The molecule has 0 aromatic heterocycles. The van der Waals surface area contributed by atoms with Crippen LogP contribution in [-0.2, 0) is 14.8 Å². The topological polar surface area (TPSA) is 75.7 Å². The molecule has 1 fully saturated rings. The molecule has 2 aromatic carbocycles. The zero-order chi connectivity index (χ0) is 22.8. The second kappa shape index (κ2) is 9.27. The third-order valence-corrected chi connectivity index (χ3v) is 6.99. The molecule has 0 saturated carbocycles. The molecule has 0 aliphatic carbocycles. The summed E-state index contributed by atoms with van der Waals surface area (Å²) in [5, 5.41) is 2.23. The Morgan fingerprint density at radius 1 is 1.19 bits per heavy atom. The molecule has 1 amide bonds. The minimum absolute atomic E-state index is 0.0844. The first kappa shape index (κ1) is 23.1. The molecular formula is C21H23F3N2O4S. The van der Waals surface area contributed by atoms with Crippen LogP contribution in [0.1, 0.15) is 25.3 Å². The summed E-state index contributed by atoms with van der Waals surface area (Å²) in [7, 11) is -3.86. The molecule has 2 aromatic rings. The van der Waals surface area contributed by atoms with E-state index in [9.17, 15) is 26.4 Å². The summed E-state index contributed by atoms with van der Waals surface area (Å²) in [5.41, 5.74) is 0.175. The van der Waals surface area contributed by atoms with E-state index in [1.54, 1.807) is 13.0 Å². The van der Waals surface area contributed by atoms with Crippen molar-refractivity contribution in [3.63, 3.8) is 0 Å². The van der Waals surface area contributed by atoms with Crippen molar-refractivity contribution in [1.29, 1.82) is 0 Å². The Morgan fingerprint density at radius 2 is 1.94 bits per heavy atom. The maximum Gasteiger partial charge on any atom is 0.243 e. The van der Waals surface area contributed by atoms with E-state index in [-0.39, 0.29) is 18.0 Å². The maximum atomic E-state index is 13.9. The van der Waals surface area contributed by atoms with E-state index in [0.29, 0.717) is 36.8 Å². The van der Waals surface area contributed by atoms with Gasteiger partial charge in [0.2, 0.25) is 15.9 Å². The van der Waals surface area contributed by atoms with Gasteiger partial charge >= 0.3 is 0 Å². The van der Waals surface area contributed by atoms with Crippen LogP contribution in [0.15, 0.2) is 35.2 Å². The number of nitrogens with one attached hydrogen (secondary N) is 1. The first-order valence-corrected chi connectivity index (χ1v) is 11.3. The molecule has 168 valence electrons. The number of amides is 1. The van der Waals surface area contributed by atoms with Gasteiger partial charge in [-0.1, -0.05) is 0 Å². The van der Waals surface area contributed by atoms with Gasteiger partial charge in [-0.3, -0.25) is 4.79 Å². The van der Waals surface area contributed by atoms with Crippen molar-refractivity contribution in [3.8, 4) is 5.75 Å². The van der Waals surface area contributed by atoms with E-state index in [2.05, 4.69) is 5.32 Å². The predicted octanol–water partition coefficient (Wildman–Crippen LogP) is 3.85. The van der Waals surface area contributed by atoms with Crippen LogP contribution in [0.3, 0.4) is 0 Å². The second-order valence-electron chi connectivity index (χ2n) is 7.27. The Kier molecular flexibility index (Phi) is 6.90. The number of halogens is 3. The number of aryl methyl sites for hydroxylation is 1. The highest BCUT2D eigenvalue weighted by Gasteiger charge is 2.34.